The van der Waals surface area contributed by atoms with Crippen molar-refractivity contribution in [1.29, 1.82) is 0 Å². The Morgan fingerprint density at radius 1 is 0.564 bits per heavy atom. The van der Waals surface area contributed by atoms with Crippen molar-refractivity contribution in [2.45, 2.75) is 20.8 Å². The second-order valence-electron chi connectivity index (χ2n) is 14.3. The number of ether oxygens (including phenoxy) is 1. The monoisotopic (exact) mass is 712 g/mol. The Hall–Kier alpha value is -7.18. The Kier molecular flexibility index (Phi) is 7.70. The van der Waals surface area contributed by atoms with E-state index in [1.807, 2.05) is 47.3 Å². The van der Waals surface area contributed by atoms with Gasteiger partial charge >= 0.3 is 0 Å². The lowest BCUT2D eigenvalue weighted by molar-refractivity contribution is -0.568. The predicted octanol–water partition coefficient (Wildman–Crippen LogP) is 11.6. The molecule has 0 saturated carbocycles. The third kappa shape index (κ3) is 5.58. The largest absolute Gasteiger partial charge is 0.457 e. The molecule has 0 bridgehead atoms. The molecule has 6 heteroatoms. The summed E-state index contributed by atoms with van der Waals surface area (Å²) in [5.41, 5.74) is 14.6. The number of hydrogen-bond donors (Lipinski definition) is 0. The molecule has 0 saturated heterocycles. The minimum atomic E-state index is 0.727. The summed E-state index contributed by atoms with van der Waals surface area (Å²) in [5, 5.41) is 6.96. The van der Waals surface area contributed by atoms with Crippen LogP contribution in [0.25, 0.3) is 66.7 Å². The number of benzene rings is 7. The van der Waals surface area contributed by atoms with Crippen molar-refractivity contribution in [2.24, 2.45) is 0 Å². The Balaban J connectivity index is 1.19. The van der Waals surface area contributed by atoms with Gasteiger partial charge in [0.15, 0.2) is 16.7 Å². The van der Waals surface area contributed by atoms with Gasteiger partial charge in [-0.1, -0.05) is 103 Å². The number of para-hydroxylation sites is 4. The van der Waals surface area contributed by atoms with Crippen LogP contribution in [-0.4, -0.2) is 18.9 Å². The molecule has 0 fully saturated rings. The maximum Gasteiger partial charge on any atom is 0.255 e. The highest BCUT2D eigenvalue weighted by Crippen LogP contribution is 2.40. The van der Waals surface area contributed by atoms with Crippen LogP contribution in [-0.2, 0) is 0 Å². The van der Waals surface area contributed by atoms with Crippen molar-refractivity contribution in [3.63, 3.8) is 0 Å². The summed E-state index contributed by atoms with van der Waals surface area (Å²) >= 11 is 0. The lowest BCUT2D eigenvalue weighted by Crippen LogP contribution is -2.31. The fourth-order valence-electron chi connectivity index (χ4n) is 8.24. The zero-order valence-corrected chi connectivity index (χ0v) is 30.9. The smallest absolute Gasteiger partial charge is 0.255 e. The van der Waals surface area contributed by atoms with Gasteiger partial charge < -0.3 is 9.30 Å². The summed E-state index contributed by atoms with van der Waals surface area (Å²) in [4.78, 5) is 0. The van der Waals surface area contributed by atoms with Gasteiger partial charge in [0.25, 0.3) is 6.33 Å². The van der Waals surface area contributed by atoms with Crippen molar-refractivity contribution in [3.05, 3.63) is 193 Å². The van der Waals surface area contributed by atoms with E-state index in [-0.39, 0.29) is 0 Å². The number of fused-ring (bicyclic) bond motifs is 4. The van der Waals surface area contributed by atoms with Crippen LogP contribution in [0.3, 0.4) is 0 Å². The number of rotatable bonds is 7. The molecule has 264 valence electrons. The zero-order valence-electron chi connectivity index (χ0n) is 30.9. The van der Waals surface area contributed by atoms with E-state index in [9.17, 15) is 0 Å². The standard InChI is InChI=1S/C49H38N5O/c1-33-25-34(2)48(35(3)26-33)52-32-51(45-23-12-13-24-46(45)52)47-29-41(28-43-42-21-10-11-22-44(42)54(49(43)47)38-17-8-5-9-18-38)55-40-20-14-19-39(27-40)53-31-37(30-50-53)36-15-6-4-7-16-36/h4-32H,1-3H3/q+1. The van der Waals surface area contributed by atoms with Crippen LogP contribution in [0.5, 0.6) is 11.5 Å². The molecule has 0 spiro atoms. The first kappa shape index (κ1) is 32.5. The molecule has 3 heterocycles. The van der Waals surface area contributed by atoms with Crippen LogP contribution in [0, 0.1) is 20.8 Å². The van der Waals surface area contributed by atoms with Crippen molar-refractivity contribution in [3.8, 4) is 45.4 Å². The number of hydrogen-bond acceptors (Lipinski definition) is 2. The number of nitrogens with zero attached hydrogens (tertiary/aromatic N) is 5. The van der Waals surface area contributed by atoms with Crippen LogP contribution < -0.4 is 9.30 Å². The Morgan fingerprint density at radius 2 is 1.25 bits per heavy atom. The topological polar surface area (TPSA) is 40.8 Å². The zero-order chi connectivity index (χ0) is 37.0. The molecule has 55 heavy (non-hydrogen) atoms. The highest BCUT2D eigenvalue weighted by atomic mass is 16.5. The van der Waals surface area contributed by atoms with Gasteiger partial charge in [-0.25, -0.2) is 4.68 Å². The summed E-state index contributed by atoms with van der Waals surface area (Å²) < 4.78 is 15.8. The summed E-state index contributed by atoms with van der Waals surface area (Å²) in [6.45, 7) is 6.57. The number of aryl methyl sites for hydroxylation is 3. The van der Waals surface area contributed by atoms with E-state index in [0.717, 1.165) is 72.5 Å². The van der Waals surface area contributed by atoms with E-state index < -0.39 is 0 Å². The SMILES string of the molecule is Cc1cc(C)c(-[n+]2cn(-c3cc(Oc4cccc(-n5cc(-c6ccccc6)cn5)c4)cc4c5ccccc5n(-c5ccccc5)c34)c3ccccc32)c(C)c1. The van der Waals surface area contributed by atoms with Gasteiger partial charge in [-0.15, -0.1) is 0 Å². The van der Waals surface area contributed by atoms with Crippen molar-refractivity contribution in [1.82, 2.24) is 18.9 Å². The van der Waals surface area contributed by atoms with Crippen LogP contribution in [0.15, 0.2) is 176 Å². The summed E-state index contributed by atoms with van der Waals surface area (Å²) in [7, 11) is 0. The highest BCUT2D eigenvalue weighted by Gasteiger charge is 2.26. The first-order chi connectivity index (χ1) is 27.0. The summed E-state index contributed by atoms with van der Waals surface area (Å²) in [6.07, 6.45) is 6.20. The maximum atomic E-state index is 6.85. The Labute approximate surface area is 319 Å². The van der Waals surface area contributed by atoms with E-state index in [2.05, 4.69) is 168 Å². The van der Waals surface area contributed by atoms with E-state index in [1.54, 1.807) is 0 Å². The Morgan fingerprint density at radius 3 is 2.05 bits per heavy atom. The van der Waals surface area contributed by atoms with Gasteiger partial charge in [0.2, 0.25) is 0 Å². The molecular weight excluding hydrogens is 675 g/mol. The average Bonchev–Trinajstić information content (AvgIpc) is 3.94. The van der Waals surface area contributed by atoms with Crippen molar-refractivity contribution in [2.75, 3.05) is 0 Å². The van der Waals surface area contributed by atoms with Crippen LogP contribution >= 0.6 is 0 Å². The molecule has 10 rings (SSSR count). The van der Waals surface area contributed by atoms with Crippen molar-refractivity contribution >= 4 is 32.8 Å². The van der Waals surface area contributed by atoms with E-state index in [1.165, 1.54) is 22.4 Å². The Bertz CT molecular complexity index is 3020. The lowest BCUT2D eigenvalue weighted by atomic mass is 10.0. The van der Waals surface area contributed by atoms with Gasteiger partial charge in [0.1, 0.15) is 22.7 Å². The minimum Gasteiger partial charge on any atom is -0.457 e. The van der Waals surface area contributed by atoms with Gasteiger partial charge in [-0.05, 0) is 86.0 Å². The van der Waals surface area contributed by atoms with Crippen LogP contribution in [0.2, 0.25) is 0 Å². The van der Waals surface area contributed by atoms with Crippen LogP contribution in [0.4, 0.5) is 0 Å². The van der Waals surface area contributed by atoms with Gasteiger partial charge in [-0.2, -0.15) is 14.2 Å². The second-order valence-corrected chi connectivity index (χ2v) is 14.3. The molecule has 0 unspecified atom stereocenters. The third-order valence-electron chi connectivity index (χ3n) is 10.5. The lowest BCUT2D eigenvalue weighted by Gasteiger charge is -2.12. The molecule has 0 aliphatic carbocycles. The summed E-state index contributed by atoms with van der Waals surface area (Å²) in [6, 6.07) is 55.2. The fourth-order valence-corrected chi connectivity index (χ4v) is 8.24. The molecule has 7 aromatic carbocycles. The second kappa shape index (κ2) is 13.0. The highest BCUT2D eigenvalue weighted by molar-refractivity contribution is 6.12. The van der Waals surface area contributed by atoms with E-state index >= 15 is 0 Å². The molecular formula is C49H38N5O+. The van der Waals surface area contributed by atoms with Crippen molar-refractivity contribution < 1.29 is 9.30 Å². The third-order valence-corrected chi connectivity index (χ3v) is 10.5. The molecule has 0 radical (unpaired) electrons. The molecule has 0 N–H and O–H groups in total. The van der Waals surface area contributed by atoms with Gasteiger partial charge in [0, 0.05) is 40.4 Å². The van der Waals surface area contributed by atoms with Gasteiger partial charge in [-0.3, -0.25) is 0 Å². The van der Waals surface area contributed by atoms with Gasteiger partial charge in [0.05, 0.1) is 17.4 Å². The molecule has 0 atom stereocenters. The first-order valence-corrected chi connectivity index (χ1v) is 18.6. The molecule has 0 aliphatic rings. The fraction of sp³-hybridized carbons (Fsp3) is 0.0612. The maximum absolute atomic E-state index is 6.85. The quantitative estimate of drug-likeness (QED) is 0.154. The average molecular weight is 713 g/mol. The van der Waals surface area contributed by atoms with Crippen LogP contribution in [0.1, 0.15) is 16.7 Å². The molecule has 3 aromatic heterocycles. The molecule has 0 amide bonds. The number of imidazole rings is 1. The predicted molar refractivity (Wildman–Crippen MR) is 222 cm³/mol. The first-order valence-electron chi connectivity index (χ1n) is 18.6. The number of aromatic nitrogens is 5. The van der Waals surface area contributed by atoms with E-state index in [0.29, 0.717) is 0 Å². The normalized spacial score (nSPS) is 11.5. The molecule has 10 aromatic rings. The minimum absolute atomic E-state index is 0.727. The van der Waals surface area contributed by atoms with E-state index in [4.69, 9.17) is 9.84 Å². The molecule has 0 aliphatic heterocycles. The molecule has 6 nitrogen and oxygen atoms in total. The summed E-state index contributed by atoms with van der Waals surface area (Å²) in [5.74, 6) is 1.47.